The second kappa shape index (κ2) is 11.5. The highest BCUT2D eigenvalue weighted by molar-refractivity contribution is 14.0. The van der Waals surface area contributed by atoms with Crippen LogP contribution in [-0.2, 0) is 13.0 Å². The molecule has 26 heavy (non-hydrogen) atoms. The summed E-state index contributed by atoms with van der Waals surface area (Å²) in [6, 6.07) is 2.11. The van der Waals surface area contributed by atoms with Crippen molar-refractivity contribution in [3.63, 3.8) is 0 Å². The number of nitrogens with zero attached hydrogens (tertiary/aromatic N) is 4. The summed E-state index contributed by atoms with van der Waals surface area (Å²) >= 11 is 1.78. The number of thiazole rings is 1. The number of hydrogen-bond donors (Lipinski definition) is 2. The highest BCUT2D eigenvalue weighted by atomic mass is 127. The molecule has 8 heteroatoms. The van der Waals surface area contributed by atoms with Crippen LogP contribution in [0, 0.1) is 27.7 Å². The van der Waals surface area contributed by atoms with Gasteiger partial charge in [-0.3, -0.25) is 9.67 Å². The van der Waals surface area contributed by atoms with Crippen molar-refractivity contribution in [1.29, 1.82) is 0 Å². The lowest BCUT2D eigenvalue weighted by atomic mass is 10.3. The van der Waals surface area contributed by atoms with Gasteiger partial charge in [0.1, 0.15) is 0 Å². The van der Waals surface area contributed by atoms with E-state index >= 15 is 0 Å². The number of nitrogens with one attached hydrogen (secondary N) is 2. The first kappa shape index (κ1) is 22.9. The van der Waals surface area contributed by atoms with Gasteiger partial charge in [0.25, 0.3) is 0 Å². The minimum absolute atomic E-state index is 0. The Morgan fingerprint density at radius 2 is 2.00 bits per heavy atom. The molecule has 146 valence electrons. The molecular weight excluding hydrogens is 459 g/mol. The molecule has 0 radical (unpaired) electrons. The third kappa shape index (κ3) is 7.22. The van der Waals surface area contributed by atoms with Crippen LogP contribution < -0.4 is 10.6 Å². The molecule has 0 aliphatic carbocycles. The van der Waals surface area contributed by atoms with E-state index in [1.165, 1.54) is 10.6 Å². The van der Waals surface area contributed by atoms with Crippen LogP contribution in [0.4, 0.5) is 0 Å². The molecule has 2 heterocycles. The first-order chi connectivity index (χ1) is 12.0. The molecule has 0 spiro atoms. The second-order valence-corrected chi connectivity index (χ2v) is 7.47. The van der Waals surface area contributed by atoms with E-state index < -0.39 is 0 Å². The molecule has 0 atom stereocenters. The predicted octanol–water partition coefficient (Wildman–Crippen LogP) is 3.38. The lowest BCUT2D eigenvalue weighted by Gasteiger charge is -2.11. The molecule has 0 amide bonds. The zero-order valence-electron chi connectivity index (χ0n) is 16.4. The lowest BCUT2D eigenvalue weighted by molar-refractivity contribution is 0.567. The molecule has 0 unspecified atom stereocenters. The number of aromatic nitrogens is 3. The average Bonchev–Trinajstić information content (AvgIpc) is 3.04. The summed E-state index contributed by atoms with van der Waals surface area (Å²) in [6.07, 6.45) is 1.96. The smallest absolute Gasteiger partial charge is 0.191 e. The van der Waals surface area contributed by atoms with Gasteiger partial charge in [-0.1, -0.05) is 0 Å². The van der Waals surface area contributed by atoms with Crippen LogP contribution in [0.5, 0.6) is 0 Å². The van der Waals surface area contributed by atoms with Gasteiger partial charge in [0.05, 0.1) is 16.4 Å². The Kier molecular flexibility index (Phi) is 10.1. The maximum absolute atomic E-state index is 4.66. The molecule has 0 saturated carbocycles. The Bertz CT molecular complexity index is 707. The highest BCUT2D eigenvalue weighted by Gasteiger charge is 2.05. The Hall–Kier alpha value is -1.16. The first-order valence-corrected chi connectivity index (χ1v) is 9.77. The van der Waals surface area contributed by atoms with Gasteiger partial charge in [-0.25, -0.2) is 4.98 Å². The van der Waals surface area contributed by atoms with E-state index in [1.54, 1.807) is 11.3 Å². The van der Waals surface area contributed by atoms with Gasteiger partial charge in [-0.2, -0.15) is 5.10 Å². The van der Waals surface area contributed by atoms with Gasteiger partial charge in [-0.15, -0.1) is 35.3 Å². The van der Waals surface area contributed by atoms with E-state index in [1.807, 2.05) is 6.92 Å². The van der Waals surface area contributed by atoms with Crippen molar-refractivity contribution in [2.45, 2.75) is 54.0 Å². The summed E-state index contributed by atoms with van der Waals surface area (Å²) in [6.45, 7) is 13.8. The Morgan fingerprint density at radius 3 is 2.58 bits per heavy atom. The molecule has 0 aliphatic heterocycles. The van der Waals surface area contributed by atoms with E-state index in [9.17, 15) is 0 Å². The number of halogens is 1. The van der Waals surface area contributed by atoms with Gasteiger partial charge in [-0.05, 0) is 47.1 Å². The Balaban J connectivity index is 0.00000338. The summed E-state index contributed by atoms with van der Waals surface area (Å²) in [5.41, 5.74) is 3.43. The van der Waals surface area contributed by atoms with Crippen molar-refractivity contribution in [2.24, 2.45) is 4.99 Å². The van der Waals surface area contributed by atoms with Crippen LogP contribution in [0.25, 0.3) is 0 Å². The summed E-state index contributed by atoms with van der Waals surface area (Å²) in [7, 11) is 0. The van der Waals surface area contributed by atoms with Crippen molar-refractivity contribution >= 4 is 41.3 Å². The van der Waals surface area contributed by atoms with E-state index in [4.69, 9.17) is 0 Å². The maximum atomic E-state index is 4.66. The number of hydrogen-bond acceptors (Lipinski definition) is 4. The van der Waals surface area contributed by atoms with Gasteiger partial charge in [0.2, 0.25) is 0 Å². The predicted molar refractivity (Wildman–Crippen MR) is 121 cm³/mol. The van der Waals surface area contributed by atoms with Crippen LogP contribution in [0.1, 0.15) is 40.3 Å². The lowest BCUT2D eigenvalue weighted by Crippen LogP contribution is -2.38. The molecule has 2 N–H and O–H groups in total. The van der Waals surface area contributed by atoms with Gasteiger partial charge in [0.15, 0.2) is 5.96 Å². The second-order valence-electron chi connectivity index (χ2n) is 6.18. The van der Waals surface area contributed by atoms with E-state index in [-0.39, 0.29) is 24.0 Å². The molecule has 0 fully saturated rings. The minimum atomic E-state index is 0. The first-order valence-electron chi connectivity index (χ1n) is 8.95. The van der Waals surface area contributed by atoms with Crippen LogP contribution >= 0.6 is 35.3 Å². The standard InChI is InChI=1S/C18H30N6S.HI/c1-6-19-18(21-10-8-17-15(4)22-16(5)25-17)20-9-7-11-24-14(3)12-13(2)23-24;/h12H,6-11H2,1-5H3,(H2,19,20,21);1H. The van der Waals surface area contributed by atoms with Crippen LogP contribution in [0.15, 0.2) is 11.1 Å². The third-order valence-corrected chi connectivity index (χ3v) is 5.02. The molecule has 6 nitrogen and oxygen atoms in total. The van der Waals surface area contributed by atoms with Crippen LogP contribution in [0.3, 0.4) is 0 Å². The molecule has 0 bridgehead atoms. The number of rotatable bonds is 8. The summed E-state index contributed by atoms with van der Waals surface area (Å²) in [5.74, 6) is 0.884. The maximum Gasteiger partial charge on any atom is 0.191 e. The third-order valence-electron chi connectivity index (χ3n) is 3.89. The van der Waals surface area contributed by atoms with Gasteiger partial charge < -0.3 is 10.6 Å². The van der Waals surface area contributed by atoms with Crippen LogP contribution in [-0.4, -0.2) is 40.4 Å². The normalized spacial score (nSPS) is 11.3. The summed E-state index contributed by atoms with van der Waals surface area (Å²) < 4.78 is 2.06. The van der Waals surface area contributed by atoms with E-state index in [0.717, 1.165) is 61.4 Å². The summed E-state index contributed by atoms with van der Waals surface area (Å²) in [5, 5.41) is 12.3. The molecule has 0 aliphatic rings. The zero-order chi connectivity index (χ0) is 18.2. The zero-order valence-corrected chi connectivity index (χ0v) is 19.6. The Morgan fingerprint density at radius 1 is 1.23 bits per heavy atom. The van der Waals surface area contributed by atoms with Crippen molar-refractivity contribution in [3.8, 4) is 0 Å². The molecule has 0 saturated heterocycles. The molecule has 2 aromatic rings. The number of aryl methyl sites for hydroxylation is 5. The van der Waals surface area contributed by atoms with Crippen molar-refractivity contribution in [2.75, 3.05) is 19.6 Å². The molecular formula is C18H31IN6S. The topological polar surface area (TPSA) is 67.1 Å². The SMILES string of the molecule is CCNC(=NCCCn1nc(C)cc1C)NCCc1sc(C)nc1C.I. The van der Waals surface area contributed by atoms with Crippen molar-refractivity contribution in [3.05, 3.63) is 33.0 Å². The average molecular weight is 490 g/mol. The highest BCUT2D eigenvalue weighted by Crippen LogP contribution is 2.16. The monoisotopic (exact) mass is 490 g/mol. The van der Waals surface area contributed by atoms with Crippen molar-refractivity contribution < 1.29 is 0 Å². The molecule has 2 aromatic heterocycles. The van der Waals surface area contributed by atoms with Crippen LogP contribution in [0.2, 0.25) is 0 Å². The fraction of sp³-hybridized carbons (Fsp3) is 0.611. The van der Waals surface area contributed by atoms with E-state index in [2.05, 4.69) is 64.2 Å². The summed E-state index contributed by atoms with van der Waals surface area (Å²) in [4.78, 5) is 10.5. The molecule has 0 aromatic carbocycles. The fourth-order valence-corrected chi connectivity index (χ4v) is 3.69. The quantitative estimate of drug-likeness (QED) is 0.258. The van der Waals surface area contributed by atoms with Crippen molar-refractivity contribution in [1.82, 2.24) is 25.4 Å². The van der Waals surface area contributed by atoms with Gasteiger partial charge in [0, 0.05) is 43.2 Å². The fourth-order valence-electron chi connectivity index (χ4n) is 2.75. The number of aliphatic imine (C=N–C) groups is 1. The van der Waals surface area contributed by atoms with E-state index in [0.29, 0.717) is 0 Å². The Labute approximate surface area is 177 Å². The molecule has 2 rings (SSSR count). The number of guanidine groups is 1. The largest absolute Gasteiger partial charge is 0.357 e. The van der Waals surface area contributed by atoms with Gasteiger partial charge >= 0.3 is 0 Å². The minimum Gasteiger partial charge on any atom is -0.357 e.